The van der Waals surface area contributed by atoms with Crippen LogP contribution >= 0.6 is 63.7 Å². The zero-order valence-corrected chi connectivity index (χ0v) is 18.0. The second kappa shape index (κ2) is 8.76. The number of ketones is 1. The molecule has 2 unspecified atom stereocenters. The molecule has 2 aromatic carbocycles. The lowest BCUT2D eigenvalue weighted by molar-refractivity contribution is 0.103. The maximum atomic E-state index is 12.5. The molecule has 0 heterocycles. The quantitative estimate of drug-likeness (QED) is 0.292. The molecular formula is C17H14Br4O. The highest BCUT2D eigenvalue weighted by molar-refractivity contribution is 9.12. The molecule has 0 radical (unpaired) electrons. The highest BCUT2D eigenvalue weighted by Crippen LogP contribution is 2.27. The molecule has 2 rings (SSSR count). The summed E-state index contributed by atoms with van der Waals surface area (Å²) in [6, 6.07) is 15.5. The third-order valence-corrected chi connectivity index (χ3v) is 8.08. The number of hydrogen-bond donors (Lipinski definition) is 0. The van der Waals surface area contributed by atoms with Crippen LogP contribution in [0.1, 0.15) is 36.7 Å². The molecule has 1 nitrogen and oxygen atoms in total. The van der Waals surface area contributed by atoms with Crippen molar-refractivity contribution in [3.63, 3.8) is 0 Å². The van der Waals surface area contributed by atoms with Gasteiger partial charge in [0, 0.05) is 31.4 Å². The lowest BCUT2D eigenvalue weighted by atomic mass is 10.00. The summed E-state index contributed by atoms with van der Waals surface area (Å²) < 4.78 is 0. The Balaban J connectivity index is 2.17. The topological polar surface area (TPSA) is 17.1 Å². The molecule has 0 aromatic heterocycles. The van der Waals surface area contributed by atoms with E-state index < -0.39 is 0 Å². The maximum absolute atomic E-state index is 12.5. The largest absolute Gasteiger partial charge is 0.289 e. The monoisotopic (exact) mass is 550 g/mol. The van der Waals surface area contributed by atoms with Gasteiger partial charge in [-0.2, -0.15) is 0 Å². The molecular weight excluding hydrogens is 540 g/mol. The lowest BCUT2D eigenvalue weighted by Gasteiger charge is -2.09. The van der Waals surface area contributed by atoms with Crippen molar-refractivity contribution < 1.29 is 4.79 Å². The smallest absolute Gasteiger partial charge is 0.193 e. The van der Waals surface area contributed by atoms with Gasteiger partial charge in [0.2, 0.25) is 0 Å². The van der Waals surface area contributed by atoms with E-state index in [0.717, 1.165) is 21.8 Å². The van der Waals surface area contributed by atoms with Crippen LogP contribution in [0.2, 0.25) is 0 Å². The molecule has 0 spiro atoms. The molecule has 0 bridgehead atoms. The SMILES string of the molecule is O=C(c1ccc(C(Br)CBr)cc1)c1ccc(C(Br)CBr)cc1. The first kappa shape index (κ1) is 18.4. The van der Waals surface area contributed by atoms with Gasteiger partial charge in [-0.15, -0.1) is 0 Å². The summed E-state index contributed by atoms with van der Waals surface area (Å²) in [5.41, 5.74) is 3.73. The van der Waals surface area contributed by atoms with E-state index in [0.29, 0.717) is 11.1 Å². The molecule has 5 heteroatoms. The number of hydrogen-bond acceptors (Lipinski definition) is 1. The maximum Gasteiger partial charge on any atom is 0.193 e. The van der Waals surface area contributed by atoms with E-state index in [-0.39, 0.29) is 15.4 Å². The number of carbonyl (C=O) groups excluding carboxylic acids is 1. The third-order valence-electron chi connectivity index (χ3n) is 3.34. The molecule has 0 aliphatic rings. The molecule has 0 saturated heterocycles. The van der Waals surface area contributed by atoms with Gasteiger partial charge in [0.25, 0.3) is 0 Å². The van der Waals surface area contributed by atoms with Crippen molar-refractivity contribution in [2.75, 3.05) is 10.7 Å². The normalized spacial score (nSPS) is 13.6. The predicted octanol–water partition coefficient (Wildman–Crippen LogP) is 6.58. The van der Waals surface area contributed by atoms with E-state index in [4.69, 9.17) is 0 Å². The fourth-order valence-corrected chi connectivity index (χ4v) is 3.39. The van der Waals surface area contributed by atoms with E-state index in [9.17, 15) is 4.79 Å². The van der Waals surface area contributed by atoms with Gasteiger partial charge in [-0.05, 0) is 11.1 Å². The second-order valence-corrected chi connectivity index (χ2v) is 8.32. The molecule has 0 saturated carbocycles. The summed E-state index contributed by atoms with van der Waals surface area (Å²) in [5, 5.41) is 1.67. The Morgan fingerprint density at radius 1 is 0.727 bits per heavy atom. The summed E-state index contributed by atoms with van der Waals surface area (Å²) in [4.78, 5) is 13.0. The van der Waals surface area contributed by atoms with Crippen molar-refractivity contribution in [2.24, 2.45) is 0 Å². The number of alkyl halides is 4. The van der Waals surface area contributed by atoms with Gasteiger partial charge in [-0.3, -0.25) is 4.79 Å². The van der Waals surface area contributed by atoms with E-state index in [1.807, 2.05) is 48.5 Å². The lowest BCUT2D eigenvalue weighted by Crippen LogP contribution is -2.02. The van der Waals surface area contributed by atoms with Gasteiger partial charge in [-0.1, -0.05) is 112 Å². The van der Waals surface area contributed by atoms with Crippen LogP contribution in [-0.4, -0.2) is 16.4 Å². The van der Waals surface area contributed by atoms with Crippen LogP contribution in [0, 0.1) is 0 Å². The Kier molecular flexibility index (Phi) is 7.32. The minimum absolute atomic E-state index is 0.0491. The van der Waals surface area contributed by atoms with Gasteiger partial charge < -0.3 is 0 Å². The summed E-state index contributed by atoms with van der Waals surface area (Å²) >= 11 is 14.0. The first-order valence-electron chi connectivity index (χ1n) is 6.71. The zero-order valence-electron chi connectivity index (χ0n) is 11.6. The van der Waals surface area contributed by atoms with Gasteiger partial charge in [0.1, 0.15) is 0 Å². The van der Waals surface area contributed by atoms with Crippen molar-refractivity contribution in [1.82, 2.24) is 0 Å². The summed E-state index contributed by atoms with van der Waals surface area (Å²) in [7, 11) is 0. The highest BCUT2D eigenvalue weighted by Gasteiger charge is 2.12. The summed E-state index contributed by atoms with van der Waals surface area (Å²) in [5.74, 6) is 0.0491. The Morgan fingerprint density at radius 2 is 1.05 bits per heavy atom. The van der Waals surface area contributed by atoms with Crippen LogP contribution in [0.25, 0.3) is 0 Å². The van der Waals surface area contributed by atoms with E-state index >= 15 is 0 Å². The van der Waals surface area contributed by atoms with Crippen LogP contribution in [0.4, 0.5) is 0 Å². The number of carbonyl (C=O) groups is 1. The fourth-order valence-electron chi connectivity index (χ4n) is 2.03. The van der Waals surface area contributed by atoms with Crippen molar-refractivity contribution in [2.45, 2.75) is 9.65 Å². The average Bonchev–Trinajstić information content (AvgIpc) is 2.60. The van der Waals surface area contributed by atoms with Gasteiger partial charge in [-0.25, -0.2) is 0 Å². The van der Waals surface area contributed by atoms with Crippen LogP contribution in [-0.2, 0) is 0 Å². The Hall–Kier alpha value is 0.0300. The first-order chi connectivity index (χ1) is 10.6. The molecule has 2 aromatic rings. The van der Waals surface area contributed by atoms with E-state index in [1.165, 1.54) is 0 Å². The van der Waals surface area contributed by atoms with Gasteiger partial charge in [0.05, 0.1) is 0 Å². The Morgan fingerprint density at radius 3 is 1.32 bits per heavy atom. The minimum Gasteiger partial charge on any atom is -0.289 e. The molecule has 0 amide bonds. The summed E-state index contributed by atoms with van der Waals surface area (Å²) in [6.07, 6.45) is 0. The van der Waals surface area contributed by atoms with E-state index in [1.54, 1.807) is 0 Å². The van der Waals surface area contributed by atoms with Gasteiger partial charge in [0.15, 0.2) is 5.78 Å². The van der Waals surface area contributed by atoms with Crippen molar-refractivity contribution in [3.05, 3.63) is 70.8 Å². The fraction of sp³-hybridized carbons (Fsp3) is 0.235. The van der Waals surface area contributed by atoms with Crippen molar-refractivity contribution in [3.8, 4) is 0 Å². The molecule has 22 heavy (non-hydrogen) atoms. The zero-order chi connectivity index (χ0) is 16.1. The molecule has 2 atom stereocenters. The van der Waals surface area contributed by atoms with Crippen LogP contribution in [0.15, 0.2) is 48.5 Å². The Labute approximate surface area is 164 Å². The molecule has 0 aliphatic carbocycles. The van der Waals surface area contributed by atoms with Crippen molar-refractivity contribution in [1.29, 1.82) is 0 Å². The number of halogens is 4. The first-order valence-corrected chi connectivity index (χ1v) is 10.8. The molecule has 0 aliphatic heterocycles. The number of rotatable bonds is 6. The van der Waals surface area contributed by atoms with Crippen LogP contribution < -0.4 is 0 Å². The Bertz CT molecular complexity index is 567. The van der Waals surface area contributed by atoms with Crippen molar-refractivity contribution >= 4 is 69.5 Å². The standard InChI is InChI=1S/C17H14Br4O/c18-9-15(20)11-1-5-13(6-2-11)17(22)14-7-3-12(4-8-14)16(21)10-19/h1-8,15-16H,9-10H2. The number of benzene rings is 2. The predicted molar refractivity (Wildman–Crippen MR) is 107 cm³/mol. The van der Waals surface area contributed by atoms with Gasteiger partial charge >= 0.3 is 0 Å². The van der Waals surface area contributed by atoms with Crippen LogP contribution in [0.3, 0.4) is 0 Å². The molecule has 0 fully saturated rings. The third kappa shape index (κ3) is 4.53. The highest BCUT2D eigenvalue weighted by atomic mass is 79.9. The summed E-state index contributed by atoms with van der Waals surface area (Å²) in [6.45, 7) is 0. The minimum atomic E-state index is 0.0491. The average molecular weight is 554 g/mol. The molecule has 116 valence electrons. The second-order valence-electron chi connectivity index (χ2n) is 4.82. The van der Waals surface area contributed by atoms with Crippen LogP contribution in [0.5, 0.6) is 0 Å². The van der Waals surface area contributed by atoms with E-state index in [2.05, 4.69) is 63.7 Å². The molecule has 0 N–H and O–H groups in total.